The fraction of sp³-hybridized carbons (Fsp3) is 0.522. The van der Waals surface area contributed by atoms with Gasteiger partial charge in [0.2, 0.25) is 5.91 Å². The molecule has 0 radical (unpaired) electrons. The first-order valence-electron chi connectivity index (χ1n) is 10.9. The number of anilines is 1. The summed E-state index contributed by atoms with van der Waals surface area (Å²) in [4.78, 5) is 39.0. The predicted octanol–water partition coefficient (Wildman–Crippen LogP) is 4.23. The molecule has 1 saturated carbocycles. The van der Waals surface area contributed by atoms with Crippen LogP contribution in [0.3, 0.4) is 0 Å². The van der Waals surface area contributed by atoms with Gasteiger partial charge < -0.3 is 20.2 Å². The maximum Gasteiger partial charge on any atom is 0.307 e. The van der Waals surface area contributed by atoms with Crippen LogP contribution in [0.4, 0.5) is 5.00 Å². The summed E-state index contributed by atoms with van der Waals surface area (Å²) in [6.07, 6.45) is 6.99. The van der Waals surface area contributed by atoms with Crippen LogP contribution < -0.4 is 10.6 Å². The Hall–Kier alpha value is -2.61. The number of amides is 2. The summed E-state index contributed by atoms with van der Waals surface area (Å²) in [6.45, 7) is 2.46. The van der Waals surface area contributed by atoms with Crippen molar-refractivity contribution in [1.29, 1.82) is 0 Å². The smallest absolute Gasteiger partial charge is 0.307 e. The highest BCUT2D eigenvalue weighted by Crippen LogP contribution is 2.40. The van der Waals surface area contributed by atoms with Crippen molar-refractivity contribution >= 4 is 34.1 Å². The highest BCUT2D eigenvalue weighted by Gasteiger charge is 2.37. The van der Waals surface area contributed by atoms with E-state index in [-0.39, 0.29) is 18.4 Å². The molecule has 0 unspecified atom stereocenters. The zero-order valence-electron chi connectivity index (χ0n) is 17.6. The van der Waals surface area contributed by atoms with Crippen molar-refractivity contribution in [3.8, 4) is 0 Å². The second-order valence-electron chi connectivity index (χ2n) is 8.64. The zero-order chi connectivity index (χ0) is 22.0. The van der Waals surface area contributed by atoms with Gasteiger partial charge in [-0.05, 0) is 55.7 Å². The highest BCUT2D eigenvalue weighted by atomic mass is 32.1. The van der Waals surface area contributed by atoms with Gasteiger partial charge in [0.1, 0.15) is 10.8 Å². The number of fused-ring (bicyclic) bond motifs is 1. The van der Waals surface area contributed by atoms with Crippen molar-refractivity contribution in [2.24, 2.45) is 17.8 Å². The van der Waals surface area contributed by atoms with Crippen LogP contribution >= 0.6 is 11.3 Å². The molecule has 0 saturated heterocycles. The van der Waals surface area contributed by atoms with Crippen molar-refractivity contribution < 1.29 is 23.9 Å². The van der Waals surface area contributed by atoms with E-state index in [1.807, 2.05) is 0 Å². The van der Waals surface area contributed by atoms with Crippen molar-refractivity contribution in [2.75, 3.05) is 5.32 Å². The molecule has 8 heteroatoms. The molecule has 2 amide bonds. The van der Waals surface area contributed by atoms with E-state index in [1.165, 1.54) is 11.3 Å². The molecule has 0 aliphatic heterocycles. The van der Waals surface area contributed by atoms with E-state index in [0.717, 1.165) is 42.5 Å². The number of carbonyl (C=O) groups is 3. The van der Waals surface area contributed by atoms with E-state index in [4.69, 9.17) is 4.42 Å². The largest absolute Gasteiger partial charge is 0.481 e. The lowest BCUT2D eigenvalue weighted by molar-refractivity contribution is -0.147. The summed E-state index contributed by atoms with van der Waals surface area (Å²) in [5.74, 6) is -1.50. The fourth-order valence-corrected chi connectivity index (χ4v) is 6.10. The number of hydrogen-bond acceptors (Lipinski definition) is 5. The topological polar surface area (TPSA) is 109 Å². The Morgan fingerprint density at radius 2 is 1.97 bits per heavy atom. The molecule has 2 aliphatic carbocycles. The van der Waals surface area contributed by atoms with Gasteiger partial charge in [-0.1, -0.05) is 19.8 Å². The number of carboxylic acid groups (broad SMARTS) is 1. The average molecular weight is 445 g/mol. The van der Waals surface area contributed by atoms with Crippen LogP contribution in [0, 0.1) is 17.8 Å². The zero-order valence-corrected chi connectivity index (χ0v) is 18.4. The van der Waals surface area contributed by atoms with Crippen LogP contribution in [0.2, 0.25) is 0 Å². The van der Waals surface area contributed by atoms with Gasteiger partial charge in [-0.2, -0.15) is 0 Å². The van der Waals surface area contributed by atoms with E-state index in [0.29, 0.717) is 35.1 Å². The lowest BCUT2D eigenvalue weighted by Gasteiger charge is -2.27. The quantitative estimate of drug-likeness (QED) is 0.618. The highest BCUT2D eigenvalue weighted by molar-refractivity contribution is 7.17. The third-order valence-electron chi connectivity index (χ3n) is 6.40. The molecular formula is C23H28N2O5S. The van der Waals surface area contributed by atoms with Crippen LogP contribution in [-0.4, -0.2) is 22.9 Å². The van der Waals surface area contributed by atoms with Gasteiger partial charge in [-0.15, -0.1) is 11.3 Å². The molecule has 2 aromatic rings. The van der Waals surface area contributed by atoms with Gasteiger partial charge in [0.15, 0.2) is 0 Å². The second-order valence-corrected chi connectivity index (χ2v) is 9.75. The van der Waals surface area contributed by atoms with Crippen LogP contribution in [0.1, 0.15) is 65.6 Å². The molecule has 0 aromatic carbocycles. The first-order chi connectivity index (χ1) is 14.9. The van der Waals surface area contributed by atoms with Crippen LogP contribution in [0.15, 0.2) is 22.8 Å². The molecule has 7 nitrogen and oxygen atoms in total. The normalized spacial score (nSPS) is 23.1. The Bertz CT molecular complexity index is 965. The maximum atomic E-state index is 13.1. The minimum absolute atomic E-state index is 0.239. The summed E-state index contributed by atoms with van der Waals surface area (Å²) in [7, 11) is 0. The fourth-order valence-electron chi connectivity index (χ4n) is 4.69. The van der Waals surface area contributed by atoms with Crippen molar-refractivity contribution in [3.63, 3.8) is 0 Å². The Morgan fingerprint density at radius 3 is 2.68 bits per heavy atom. The molecule has 2 aliphatic rings. The third-order valence-corrected chi connectivity index (χ3v) is 7.57. The van der Waals surface area contributed by atoms with Crippen molar-refractivity contribution in [3.05, 3.63) is 40.2 Å². The summed E-state index contributed by atoms with van der Waals surface area (Å²) in [6, 6.07) is 3.56. The Labute approximate surface area is 185 Å². The number of carbonyl (C=O) groups excluding carboxylic acids is 2. The minimum Gasteiger partial charge on any atom is -0.481 e. The number of thiophene rings is 1. The molecule has 3 atom stereocenters. The van der Waals surface area contributed by atoms with E-state index in [1.54, 1.807) is 18.4 Å². The monoisotopic (exact) mass is 444 g/mol. The number of hydrogen-bond donors (Lipinski definition) is 3. The van der Waals surface area contributed by atoms with Crippen LogP contribution in [0.5, 0.6) is 0 Å². The van der Waals surface area contributed by atoms with Gasteiger partial charge in [0, 0.05) is 4.88 Å². The Balaban J connectivity index is 1.58. The van der Waals surface area contributed by atoms with Crippen LogP contribution in [0.25, 0.3) is 0 Å². The van der Waals surface area contributed by atoms with E-state index in [9.17, 15) is 19.5 Å². The second kappa shape index (κ2) is 9.26. The molecule has 3 N–H and O–H groups in total. The Kier molecular flexibility index (Phi) is 6.46. The van der Waals surface area contributed by atoms with E-state index >= 15 is 0 Å². The van der Waals surface area contributed by atoms with Gasteiger partial charge in [0.25, 0.3) is 5.91 Å². The summed E-state index contributed by atoms with van der Waals surface area (Å²) in [5.41, 5.74) is 1.53. The van der Waals surface area contributed by atoms with Crippen LogP contribution in [-0.2, 0) is 29.0 Å². The van der Waals surface area contributed by atoms with Crippen molar-refractivity contribution in [1.82, 2.24) is 5.32 Å². The molecule has 4 rings (SSSR count). The summed E-state index contributed by atoms with van der Waals surface area (Å²) >= 11 is 1.46. The minimum atomic E-state index is -0.921. The molecule has 0 spiro atoms. The molecular weight excluding hydrogens is 416 g/mol. The van der Waals surface area contributed by atoms with Gasteiger partial charge in [0.05, 0.1) is 30.2 Å². The molecule has 2 aromatic heterocycles. The SMILES string of the molecule is C[C@@H]1CCc2c(sc(NC(=O)[C@@H]3CCCC[C@H]3C(=O)O)c2C(=O)NCc2ccco2)C1. The van der Waals surface area contributed by atoms with Gasteiger partial charge in [-0.25, -0.2) is 0 Å². The molecule has 166 valence electrons. The first kappa shape index (κ1) is 21.6. The number of carboxylic acids is 1. The molecule has 1 fully saturated rings. The maximum absolute atomic E-state index is 13.1. The standard InChI is InChI=1S/C23H28N2O5S/c1-13-8-9-17-18(11-13)31-22(19(17)21(27)24-12-14-5-4-10-30-14)25-20(26)15-6-2-3-7-16(15)23(28)29/h4-5,10,13,15-16H,2-3,6-9,11-12H2,1H3,(H,24,27)(H,25,26)(H,28,29)/t13-,15-,16-/m1/s1. The van der Waals surface area contributed by atoms with Gasteiger partial charge >= 0.3 is 5.97 Å². The molecule has 0 bridgehead atoms. The van der Waals surface area contributed by atoms with Gasteiger partial charge in [-0.3, -0.25) is 14.4 Å². The first-order valence-corrected chi connectivity index (χ1v) is 11.7. The van der Waals surface area contributed by atoms with Crippen molar-refractivity contribution in [2.45, 2.75) is 58.4 Å². The van der Waals surface area contributed by atoms with E-state index < -0.39 is 17.8 Å². The number of rotatable bonds is 6. The lowest BCUT2D eigenvalue weighted by atomic mass is 9.78. The van der Waals surface area contributed by atoms with E-state index in [2.05, 4.69) is 17.6 Å². The number of nitrogens with one attached hydrogen (secondary N) is 2. The third kappa shape index (κ3) is 4.69. The number of furan rings is 1. The number of aliphatic carboxylic acids is 1. The lowest BCUT2D eigenvalue weighted by Crippen LogP contribution is -2.36. The average Bonchev–Trinajstić information content (AvgIpc) is 3.39. The summed E-state index contributed by atoms with van der Waals surface area (Å²) < 4.78 is 5.30. The Morgan fingerprint density at radius 1 is 1.19 bits per heavy atom. The molecule has 2 heterocycles. The predicted molar refractivity (Wildman–Crippen MR) is 117 cm³/mol. The summed E-state index contributed by atoms with van der Waals surface area (Å²) in [5, 5.41) is 15.9. The molecule has 31 heavy (non-hydrogen) atoms.